The van der Waals surface area contributed by atoms with Crippen LogP contribution in [-0.4, -0.2) is 36.5 Å². The van der Waals surface area contributed by atoms with Crippen molar-refractivity contribution in [3.63, 3.8) is 0 Å². The summed E-state index contributed by atoms with van der Waals surface area (Å²) in [5, 5.41) is 11.2. The normalized spacial score (nSPS) is 11.1. The highest BCUT2D eigenvalue weighted by atomic mass is 16.5. The number of benzene rings is 1. The van der Waals surface area contributed by atoms with Crippen LogP contribution in [-0.2, 0) is 4.79 Å². The van der Waals surface area contributed by atoms with Crippen molar-refractivity contribution in [3.8, 4) is 22.8 Å². The Labute approximate surface area is 198 Å². The quantitative estimate of drug-likeness (QED) is 0.167. The molecule has 0 unspecified atom stereocenters. The summed E-state index contributed by atoms with van der Waals surface area (Å²) < 4.78 is 10.7. The van der Waals surface area contributed by atoms with Crippen molar-refractivity contribution in [2.75, 3.05) is 14.2 Å². The summed E-state index contributed by atoms with van der Waals surface area (Å²) in [5.41, 5.74) is 5.07. The number of rotatable bonds is 17. The number of H-pyrrole nitrogens is 1. The van der Waals surface area contributed by atoms with Crippen LogP contribution >= 0.6 is 0 Å². The van der Waals surface area contributed by atoms with E-state index in [1.807, 2.05) is 18.2 Å². The molecule has 0 bridgehead atoms. The minimum atomic E-state index is -0.0571. The lowest BCUT2D eigenvalue weighted by atomic mass is 10.1. The van der Waals surface area contributed by atoms with Crippen molar-refractivity contribution < 1.29 is 14.3 Å². The van der Waals surface area contributed by atoms with Gasteiger partial charge < -0.3 is 9.47 Å². The Balaban J connectivity index is 1.66. The number of nitrogens with one attached hydrogen (secondary N) is 2. The lowest BCUT2D eigenvalue weighted by Gasteiger charge is -2.09. The van der Waals surface area contributed by atoms with Gasteiger partial charge >= 0.3 is 0 Å². The van der Waals surface area contributed by atoms with Gasteiger partial charge in [-0.15, -0.1) is 0 Å². The van der Waals surface area contributed by atoms with Gasteiger partial charge in [0.1, 0.15) is 0 Å². The van der Waals surface area contributed by atoms with E-state index in [9.17, 15) is 4.79 Å². The molecule has 182 valence electrons. The van der Waals surface area contributed by atoms with Crippen LogP contribution in [0.1, 0.15) is 89.5 Å². The molecular formula is C26H40N4O3. The van der Waals surface area contributed by atoms with Gasteiger partial charge in [0.25, 0.3) is 0 Å². The molecule has 2 aromatic rings. The smallest absolute Gasteiger partial charge is 0.240 e. The van der Waals surface area contributed by atoms with E-state index in [0.717, 1.165) is 29.7 Å². The number of ether oxygens (including phenoxy) is 2. The van der Waals surface area contributed by atoms with Crippen LogP contribution in [0.15, 0.2) is 29.5 Å². The number of hydrogen-bond donors (Lipinski definition) is 2. The molecule has 0 fully saturated rings. The van der Waals surface area contributed by atoms with Crippen LogP contribution in [0.3, 0.4) is 0 Å². The standard InChI is InChI=1S/C26H40N4O3/c1-4-5-6-7-8-9-10-11-12-13-14-15-25(31)29-27-19-22-20-28-30-26(22)21-16-17-23(32-2)24(18-21)33-3/h16-20H,4-15H2,1-3H3,(H,28,30)(H,29,31). The number of aromatic nitrogens is 2. The highest BCUT2D eigenvalue weighted by molar-refractivity contribution is 5.89. The van der Waals surface area contributed by atoms with Gasteiger partial charge in [-0.25, -0.2) is 5.43 Å². The lowest BCUT2D eigenvalue weighted by Crippen LogP contribution is -2.16. The fourth-order valence-electron chi connectivity index (χ4n) is 3.80. The van der Waals surface area contributed by atoms with Gasteiger partial charge in [0, 0.05) is 17.5 Å². The molecule has 1 aromatic heterocycles. The molecule has 0 spiro atoms. The topological polar surface area (TPSA) is 88.6 Å². The molecule has 0 saturated heterocycles. The average Bonchev–Trinajstić information content (AvgIpc) is 3.30. The molecule has 33 heavy (non-hydrogen) atoms. The number of methoxy groups -OCH3 is 2. The molecule has 0 aliphatic carbocycles. The van der Waals surface area contributed by atoms with Crippen molar-refractivity contribution in [3.05, 3.63) is 30.0 Å². The SMILES string of the molecule is CCCCCCCCCCCCCC(=O)NN=Cc1cn[nH]c1-c1ccc(OC)c(OC)c1. The van der Waals surface area contributed by atoms with Gasteiger partial charge in [0.2, 0.25) is 5.91 Å². The van der Waals surface area contributed by atoms with E-state index in [4.69, 9.17) is 9.47 Å². The molecule has 7 heteroatoms. The maximum absolute atomic E-state index is 12.1. The zero-order valence-corrected chi connectivity index (χ0v) is 20.5. The Hall–Kier alpha value is -2.83. The Morgan fingerprint density at radius 2 is 1.61 bits per heavy atom. The Morgan fingerprint density at radius 3 is 2.24 bits per heavy atom. The Kier molecular flexibility index (Phi) is 12.7. The molecular weight excluding hydrogens is 416 g/mol. The van der Waals surface area contributed by atoms with Crippen molar-refractivity contribution in [1.29, 1.82) is 0 Å². The van der Waals surface area contributed by atoms with Crippen LogP contribution in [0.25, 0.3) is 11.3 Å². The van der Waals surface area contributed by atoms with Crippen LogP contribution in [0, 0.1) is 0 Å². The third-order valence-corrected chi connectivity index (χ3v) is 5.74. The molecule has 0 aliphatic rings. The molecule has 0 atom stereocenters. The summed E-state index contributed by atoms with van der Waals surface area (Å²) >= 11 is 0. The summed E-state index contributed by atoms with van der Waals surface area (Å²) in [6.45, 7) is 2.25. The van der Waals surface area contributed by atoms with Gasteiger partial charge in [0.15, 0.2) is 11.5 Å². The van der Waals surface area contributed by atoms with Crippen molar-refractivity contribution in [2.45, 2.75) is 84.0 Å². The summed E-state index contributed by atoms with van der Waals surface area (Å²) in [4.78, 5) is 12.1. The minimum Gasteiger partial charge on any atom is -0.493 e. The van der Waals surface area contributed by atoms with Crippen molar-refractivity contribution in [1.82, 2.24) is 15.6 Å². The second-order valence-electron chi connectivity index (χ2n) is 8.35. The van der Waals surface area contributed by atoms with E-state index in [1.54, 1.807) is 26.6 Å². The molecule has 2 N–H and O–H groups in total. The maximum atomic E-state index is 12.1. The average molecular weight is 457 g/mol. The zero-order chi connectivity index (χ0) is 23.7. The molecule has 0 aliphatic heterocycles. The third-order valence-electron chi connectivity index (χ3n) is 5.74. The number of carbonyl (C=O) groups is 1. The first-order chi connectivity index (χ1) is 16.2. The fraction of sp³-hybridized carbons (Fsp3) is 0.577. The predicted octanol–water partition coefficient (Wildman–Crippen LogP) is 6.25. The highest BCUT2D eigenvalue weighted by Gasteiger charge is 2.10. The van der Waals surface area contributed by atoms with Gasteiger partial charge in [-0.1, -0.05) is 71.1 Å². The maximum Gasteiger partial charge on any atom is 0.240 e. The molecule has 0 radical (unpaired) electrons. The largest absolute Gasteiger partial charge is 0.493 e. The van der Waals surface area contributed by atoms with E-state index in [2.05, 4.69) is 27.6 Å². The van der Waals surface area contributed by atoms with Crippen LogP contribution in [0.2, 0.25) is 0 Å². The van der Waals surface area contributed by atoms with Crippen LogP contribution < -0.4 is 14.9 Å². The molecule has 0 saturated carbocycles. The molecule has 2 rings (SSSR count). The number of aromatic amines is 1. The monoisotopic (exact) mass is 456 g/mol. The van der Waals surface area contributed by atoms with E-state index in [-0.39, 0.29) is 5.91 Å². The van der Waals surface area contributed by atoms with E-state index >= 15 is 0 Å². The zero-order valence-electron chi connectivity index (χ0n) is 20.5. The minimum absolute atomic E-state index is 0.0571. The predicted molar refractivity (Wildman–Crippen MR) is 134 cm³/mol. The second-order valence-corrected chi connectivity index (χ2v) is 8.35. The van der Waals surface area contributed by atoms with Crippen molar-refractivity contribution >= 4 is 12.1 Å². The number of hydrazone groups is 1. The molecule has 7 nitrogen and oxygen atoms in total. The number of nitrogens with zero attached hydrogens (tertiary/aromatic N) is 2. The molecule has 1 amide bonds. The van der Waals surface area contributed by atoms with E-state index < -0.39 is 0 Å². The van der Waals surface area contributed by atoms with Crippen LogP contribution in [0.4, 0.5) is 0 Å². The number of unbranched alkanes of at least 4 members (excludes halogenated alkanes) is 10. The summed E-state index contributed by atoms with van der Waals surface area (Å²) in [5.74, 6) is 1.23. The number of hydrogen-bond acceptors (Lipinski definition) is 5. The van der Waals surface area contributed by atoms with Gasteiger partial charge in [-0.3, -0.25) is 9.89 Å². The summed E-state index contributed by atoms with van der Waals surface area (Å²) in [7, 11) is 3.20. The van der Waals surface area contributed by atoms with Gasteiger partial charge in [0.05, 0.1) is 32.3 Å². The van der Waals surface area contributed by atoms with E-state index in [0.29, 0.717) is 17.9 Å². The first-order valence-corrected chi connectivity index (χ1v) is 12.3. The number of amides is 1. The number of carbonyl (C=O) groups excluding carboxylic acids is 1. The molecule has 1 heterocycles. The van der Waals surface area contributed by atoms with E-state index in [1.165, 1.54) is 57.8 Å². The second kappa shape index (κ2) is 15.9. The Morgan fingerprint density at radius 1 is 0.970 bits per heavy atom. The first kappa shape index (κ1) is 26.4. The van der Waals surface area contributed by atoms with Crippen molar-refractivity contribution in [2.24, 2.45) is 5.10 Å². The lowest BCUT2D eigenvalue weighted by molar-refractivity contribution is -0.121. The summed E-state index contributed by atoms with van der Waals surface area (Å²) in [6.07, 6.45) is 17.7. The van der Waals surface area contributed by atoms with Crippen LogP contribution in [0.5, 0.6) is 11.5 Å². The summed E-state index contributed by atoms with van der Waals surface area (Å²) in [6, 6.07) is 5.62. The van der Waals surface area contributed by atoms with Gasteiger partial charge in [-0.2, -0.15) is 10.2 Å². The Bertz CT molecular complexity index is 848. The third kappa shape index (κ3) is 9.68. The van der Waals surface area contributed by atoms with Gasteiger partial charge in [-0.05, 0) is 24.6 Å². The molecule has 1 aromatic carbocycles. The fourth-order valence-corrected chi connectivity index (χ4v) is 3.80. The highest BCUT2D eigenvalue weighted by Crippen LogP contribution is 2.32. The first-order valence-electron chi connectivity index (χ1n) is 12.3.